The molecule has 0 aliphatic heterocycles. The molecule has 0 aromatic heterocycles. The summed E-state index contributed by atoms with van der Waals surface area (Å²) in [6.45, 7) is 4.00. The van der Waals surface area contributed by atoms with Crippen LogP contribution >= 0.6 is 43.5 Å². The van der Waals surface area contributed by atoms with Gasteiger partial charge in [-0.3, -0.25) is 9.59 Å². The van der Waals surface area contributed by atoms with Gasteiger partial charge in [-0.15, -0.1) is 0 Å². The molecular formula is C28H29Br2ClN2O3. The Bertz CT molecular complexity index is 1180. The van der Waals surface area contributed by atoms with Gasteiger partial charge in [0.15, 0.2) is 6.61 Å². The first-order valence-corrected chi connectivity index (χ1v) is 13.7. The molecule has 0 saturated carbocycles. The number of hydrogen-bond acceptors (Lipinski definition) is 3. The minimum atomic E-state index is -0.717. The van der Waals surface area contributed by atoms with Crippen molar-refractivity contribution in [1.82, 2.24) is 10.2 Å². The summed E-state index contributed by atoms with van der Waals surface area (Å²) in [6, 6.07) is 21.8. The van der Waals surface area contributed by atoms with Crippen molar-refractivity contribution in [1.29, 1.82) is 0 Å². The van der Waals surface area contributed by atoms with Gasteiger partial charge in [0, 0.05) is 28.5 Å². The molecule has 3 rings (SSSR count). The van der Waals surface area contributed by atoms with Crippen LogP contribution in [0.15, 0.2) is 81.7 Å². The Hall–Kier alpha value is -2.35. The summed E-state index contributed by atoms with van der Waals surface area (Å²) in [5, 5.41) is 3.62. The number of carbonyl (C=O) groups is 2. The van der Waals surface area contributed by atoms with E-state index in [4.69, 9.17) is 16.3 Å². The van der Waals surface area contributed by atoms with Gasteiger partial charge in [0.2, 0.25) is 5.91 Å². The maximum Gasteiger partial charge on any atom is 0.261 e. The van der Waals surface area contributed by atoms with Crippen LogP contribution in [0, 0.1) is 0 Å². The average molecular weight is 637 g/mol. The van der Waals surface area contributed by atoms with Gasteiger partial charge in [0.05, 0.1) is 4.47 Å². The van der Waals surface area contributed by atoms with Crippen molar-refractivity contribution >= 4 is 55.3 Å². The normalized spacial score (nSPS) is 12.5. The van der Waals surface area contributed by atoms with Crippen LogP contribution in [-0.4, -0.2) is 35.4 Å². The second-order valence-corrected chi connectivity index (χ2v) is 10.7. The quantitative estimate of drug-likeness (QED) is 0.252. The maximum absolute atomic E-state index is 13.6. The van der Waals surface area contributed by atoms with E-state index in [0.717, 1.165) is 22.0 Å². The van der Waals surface area contributed by atoms with E-state index >= 15 is 0 Å². The Balaban J connectivity index is 1.92. The second-order valence-electron chi connectivity index (χ2n) is 8.54. The van der Waals surface area contributed by atoms with Gasteiger partial charge in [-0.1, -0.05) is 76.9 Å². The number of rotatable bonds is 11. The SMILES string of the molecule is CC[C@@H](C)NC(=O)[C@H](Cc1ccccc1)N(Cc1cccc(Br)c1)C(=O)COc1ccc(Cl)cc1Br. The maximum atomic E-state index is 13.6. The van der Waals surface area contributed by atoms with Gasteiger partial charge in [-0.05, 0) is 70.7 Å². The van der Waals surface area contributed by atoms with Crippen molar-refractivity contribution in [2.24, 2.45) is 0 Å². The number of amides is 2. The Kier molecular flexibility index (Phi) is 10.8. The topological polar surface area (TPSA) is 58.6 Å². The van der Waals surface area contributed by atoms with E-state index in [-0.39, 0.29) is 31.0 Å². The summed E-state index contributed by atoms with van der Waals surface area (Å²) in [5.74, 6) is 0.0140. The van der Waals surface area contributed by atoms with Gasteiger partial charge >= 0.3 is 0 Å². The third-order valence-corrected chi connectivity index (χ3v) is 7.11. The number of halogens is 3. The number of benzene rings is 3. The van der Waals surface area contributed by atoms with E-state index in [0.29, 0.717) is 21.7 Å². The average Bonchev–Trinajstić information content (AvgIpc) is 2.86. The fourth-order valence-electron chi connectivity index (χ4n) is 3.64. The summed E-state index contributed by atoms with van der Waals surface area (Å²) in [4.78, 5) is 28.8. The zero-order valence-corrected chi connectivity index (χ0v) is 24.1. The van der Waals surface area contributed by atoms with Crippen molar-refractivity contribution in [3.8, 4) is 5.75 Å². The standard InChI is InChI=1S/C28H29Br2ClN2O3/c1-3-19(2)32-28(35)25(15-20-8-5-4-6-9-20)33(17-21-10-7-11-22(29)14-21)27(34)18-36-26-13-12-23(31)16-24(26)30/h4-14,16,19,25H,3,15,17-18H2,1-2H3,(H,32,35)/t19-,25+/m1/s1. The molecule has 0 fully saturated rings. The molecule has 36 heavy (non-hydrogen) atoms. The molecule has 0 radical (unpaired) electrons. The highest BCUT2D eigenvalue weighted by Crippen LogP contribution is 2.28. The predicted molar refractivity (Wildman–Crippen MR) is 151 cm³/mol. The van der Waals surface area contributed by atoms with Crippen LogP contribution in [0.3, 0.4) is 0 Å². The Morgan fingerprint density at radius 3 is 2.39 bits per heavy atom. The molecule has 3 aromatic carbocycles. The fourth-order valence-corrected chi connectivity index (χ4v) is 4.89. The number of carbonyl (C=O) groups excluding carboxylic acids is 2. The summed E-state index contributed by atoms with van der Waals surface area (Å²) < 4.78 is 7.39. The minimum Gasteiger partial charge on any atom is -0.483 e. The van der Waals surface area contributed by atoms with Crippen molar-refractivity contribution in [3.05, 3.63) is 97.9 Å². The van der Waals surface area contributed by atoms with E-state index in [1.165, 1.54) is 0 Å². The Morgan fingerprint density at radius 2 is 1.72 bits per heavy atom. The molecule has 0 saturated heterocycles. The van der Waals surface area contributed by atoms with Gasteiger partial charge in [-0.25, -0.2) is 0 Å². The lowest BCUT2D eigenvalue weighted by Crippen LogP contribution is -2.53. The van der Waals surface area contributed by atoms with Gasteiger partial charge in [0.25, 0.3) is 5.91 Å². The highest BCUT2D eigenvalue weighted by Gasteiger charge is 2.31. The van der Waals surface area contributed by atoms with Crippen molar-refractivity contribution in [3.63, 3.8) is 0 Å². The molecule has 3 aromatic rings. The van der Waals surface area contributed by atoms with E-state index < -0.39 is 6.04 Å². The highest BCUT2D eigenvalue weighted by molar-refractivity contribution is 9.10. The lowest BCUT2D eigenvalue weighted by Gasteiger charge is -2.32. The lowest BCUT2D eigenvalue weighted by atomic mass is 10.0. The van der Waals surface area contributed by atoms with Crippen LogP contribution in [-0.2, 0) is 22.6 Å². The first kappa shape index (κ1) is 28.2. The molecule has 0 aliphatic carbocycles. The van der Waals surface area contributed by atoms with E-state index in [9.17, 15) is 9.59 Å². The zero-order valence-electron chi connectivity index (χ0n) is 20.2. The van der Waals surface area contributed by atoms with E-state index in [2.05, 4.69) is 37.2 Å². The van der Waals surface area contributed by atoms with Crippen molar-refractivity contribution < 1.29 is 14.3 Å². The molecule has 0 aliphatic rings. The van der Waals surface area contributed by atoms with Crippen LogP contribution in [0.5, 0.6) is 5.75 Å². The van der Waals surface area contributed by atoms with Crippen LogP contribution in [0.1, 0.15) is 31.4 Å². The first-order valence-electron chi connectivity index (χ1n) is 11.7. The second kappa shape index (κ2) is 13.8. The zero-order chi connectivity index (χ0) is 26.1. The van der Waals surface area contributed by atoms with Crippen LogP contribution in [0.25, 0.3) is 0 Å². The van der Waals surface area contributed by atoms with Crippen molar-refractivity contribution in [2.75, 3.05) is 6.61 Å². The summed E-state index contributed by atoms with van der Waals surface area (Å²) in [5.41, 5.74) is 1.87. The first-order chi connectivity index (χ1) is 17.3. The minimum absolute atomic E-state index is 0.0140. The molecule has 5 nitrogen and oxygen atoms in total. The lowest BCUT2D eigenvalue weighted by molar-refractivity contribution is -0.143. The third-order valence-electron chi connectivity index (χ3n) is 5.76. The molecule has 2 atom stereocenters. The molecule has 8 heteroatoms. The van der Waals surface area contributed by atoms with Crippen molar-refractivity contribution in [2.45, 2.75) is 45.3 Å². The molecule has 1 N–H and O–H groups in total. The summed E-state index contributed by atoms with van der Waals surface area (Å²) in [7, 11) is 0. The summed E-state index contributed by atoms with van der Waals surface area (Å²) >= 11 is 13.0. The third kappa shape index (κ3) is 8.36. The smallest absolute Gasteiger partial charge is 0.261 e. The van der Waals surface area contributed by atoms with E-state index in [1.807, 2.05) is 68.4 Å². The number of nitrogens with zero attached hydrogens (tertiary/aromatic N) is 1. The number of hydrogen-bond donors (Lipinski definition) is 1. The molecule has 2 amide bonds. The van der Waals surface area contributed by atoms with Gasteiger partial charge in [-0.2, -0.15) is 0 Å². The van der Waals surface area contributed by atoms with Gasteiger partial charge < -0.3 is 15.0 Å². The van der Waals surface area contributed by atoms with Crippen LogP contribution < -0.4 is 10.1 Å². The predicted octanol–water partition coefficient (Wildman–Crippen LogP) is 6.80. The Labute approximate surface area is 234 Å². The fraction of sp³-hybridized carbons (Fsp3) is 0.286. The highest BCUT2D eigenvalue weighted by atomic mass is 79.9. The summed E-state index contributed by atoms with van der Waals surface area (Å²) in [6.07, 6.45) is 1.17. The molecule has 190 valence electrons. The van der Waals surface area contributed by atoms with Crippen LogP contribution in [0.4, 0.5) is 0 Å². The van der Waals surface area contributed by atoms with E-state index in [1.54, 1.807) is 23.1 Å². The molecule has 0 spiro atoms. The number of ether oxygens (including phenoxy) is 1. The number of nitrogens with one attached hydrogen (secondary N) is 1. The van der Waals surface area contributed by atoms with Gasteiger partial charge in [0.1, 0.15) is 11.8 Å². The molecular weight excluding hydrogens is 608 g/mol. The Morgan fingerprint density at radius 1 is 1.00 bits per heavy atom. The van der Waals surface area contributed by atoms with Crippen LogP contribution in [0.2, 0.25) is 5.02 Å². The largest absolute Gasteiger partial charge is 0.483 e. The monoisotopic (exact) mass is 634 g/mol. The molecule has 0 heterocycles. The molecule has 0 bridgehead atoms. The molecule has 0 unspecified atom stereocenters.